The van der Waals surface area contributed by atoms with Crippen molar-refractivity contribution in [3.63, 3.8) is 0 Å². The molecule has 28 heavy (non-hydrogen) atoms. The lowest BCUT2D eigenvalue weighted by atomic mass is 10.2. The average molecular weight is 368 g/mol. The molecule has 0 saturated heterocycles. The van der Waals surface area contributed by atoms with E-state index in [4.69, 9.17) is 6.42 Å². The summed E-state index contributed by atoms with van der Waals surface area (Å²) in [7, 11) is 0. The number of aliphatic hydroxyl groups excluding tert-OH is 1. The Kier molecular flexibility index (Phi) is 4.58. The summed E-state index contributed by atoms with van der Waals surface area (Å²) in [5.41, 5.74) is 2.66. The van der Waals surface area contributed by atoms with Gasteiger partial charge in [-0.1, -0.05) is 42.3 Å². The Morgan fingerprint density at radius 3 is 2.61 bits per heavy atom. The van der Waals surface area contributed by atoms with Crippen molar-refractivity contribution in [2.24, 2.45) is 0 Å². The smallest absolute Gasteiger partial charge is 0.258 e. The number of rotatable bonds is 4. The number of nitrogens with zero attached hydrogens (tertiary/aromatic N) is 3. The number of hydrogen-bond donors (Lipinski definition) is 2. The Hall–Kier alpha value is -3.95. The summed E-state index contributed by atoms with van der Waals surface area (Å²) in [4.78, 5) is 21.6. The second-order valence-corrected chi connectivity index (χ2v) is 6.08. The molecular formula is C22H16N4O2. The van der Waals surface area contributed by atoms with Crippen LogP contribution in [0.3, 0.4) is 0 Å². The van der Waals surface area contributed by atoms with Crippen molar-refractivity contribution in [3.05, 3.63) is 88.3 Å². The van der Waals surface area contributed by atoms with E-state index in [9.17, 15) is 9.90 Å². The molecule has 4 rings (SSSR count). The zero-order valence-corrected chi connectivity index (χ0v) is 14.8. The van der Waals surface area contributed by atoms with Gasteiger partial charge in [0.05, 0.1) is 17.7 Å². The number of anilines is 2. The summed E-state index contributed by atoms with van der Waals surface area (Å²) in [6.07, 6.45) is 7.17. The monoisotopic (exact) mass is 368 g/mol. The third kappa shape index (κ3) is 3.11. The predicted molar refractivity (Wildman–Crippen MR) is 109 cm³/mol. The first-order valence-electron chi connectivity index (χ1n) is 8.62. The van der Waals surface area contributed by atoms with Gasteiger partial charge < -0.3 is 10.4 Å². The number of nitrogens with one attached hydrogen (secondary N) is 1. The van der Waals surface area contributed by atoms with E-state index < -0.39 is 0 Å². The molecule has 0 atom stereocenters. The maximum Gasteiger partial charge on any atom is 0.258 e. The minimum atomic E-state index is -0.271. The summed E-state index contributed by atoms with van der Waals surface area (Å²) in [6, 6.07) is 17.9. The summed E-state index contributed by atoms with van der Waals surface area (Å²) in [5.74, 6) is 2.83. The van der Waals surface area contributed by atoms with Crippen molar-refractivity contribution < 1.29 is 5.11 Å². The molecule has 0 bridgehead atoms. The van der Waals surface area contributed by atoms with Crippen LogP contribution in [0.4, 0.5) is 11.6 Å². The van der Waals surface area contributed by atoms with Crippen molar-refractivity contribution in [1.29, 1.82) is 0 Å². The van der Waals surface area contributed by atoms with Gasteiger partial charge in [0, 0.05) is 29.1 Å². The largest absolute Gasteiger partial charge is 0.392 e. The number of para-hydroxylation sites is 2. The Morgan fingerprint density at radius 1 is 1.11 bits per heavy atom. The molecule has 2 heterocycles. The number of pyridine rings is 1. The van der Waals surface area contributed by atoms with Crippen LogP contribution in [0.15, 0.2) is 71.7 Å². The first kappa shape index (κ1) is 17.5. The summed E-state index contributed by atoms with van der Waals surface area (Å²) in [5, 5.41) is 13.2. The van der Waals surface area contributed by atoms with Crippen molar-refractivity contribution >= 4 is 22.7 Å². The van der Waals surface area contributed by atoms with E-state index in [1.165, 1.54) is 10.6 Å². The van der Waals surface area contributed by atoms with Crippen molar-refractivity contribution in [2.45, 2.75) is 6.61 Å². The first-order valence-corrected chi connectivity index (χ1v) is 8.62. The number of aromatic nitrogens is 3. The lowest BCUT2D eigenvalue weighted by Gasteiger charge is -2.13. The highest BCUT2D eigenvalue weighted by Crippen LogP contribution is 2.22. The Labute approximate surface area is 161 Å². The van der Waals surface area contributed by atoms with E-state index >= 15 is 0 Å². The fraction of sp³-hybridized carbons (Fsp3) is 0.0455. The zero-order chi connectivity index (χ0) is 19.5. The summed E-state index contributed by atoms with van der Waals surface area (Å²) in [6.45, 7) is -0.118. The van der Waals surface area contributed by atoms with Gasteiger partial charge in [0.15, 0.2) is 5.65 Å². The maximum atomic E-state index is 12.7. The van der Waals surface area contributed by atoms with Crippen LogP contribution in [0, 0.1) is 12.3 Å². The third-order valence-corrected chi connectivity index (χ3v) is 4.36. The van der Waals surface area contributed by atoms with Gasteiger partial charge in [-0.05, 0) is 18.2 Å². The molecule has 136 valence electrons. The van der Waals surface area contributed by atoms with Crippen LogP contribution in [-0.2, 0) is 6.61 Å². The van der Waals surface area contributed by atoms with Gasteiger partial charge in [-0.25, -0.2) is 4.98 Å². The van der Waals surface area contributed by atoms with Gasteiger partial charge >= 0.3 is 0 Å². The first-order chi connectivity index (χ1) is 13.7. The van der Waals surface area contributed by atoms with Gasteiger partial charge in [-0.2, -0.15) is 4.98 Å². The van der Waals surface area contributed by atoms with Gasteiger partial charge in [-0.3, -0.25) is 9.36 Å². The predicted octanol–water partition coefficient (Wildman–Crippen LogP) is 3.00. The molecule has 4 aromatic rings. The molecule has 0 saturated carbocycles. The minimum absolute atomic E-state index is 0.118. The molecule has 0 aliphatic heterocycles. The molecular weight excluding hydrogens is 352 g/mol. The number of aliphatic hydroxyl groups is 1. The highest BCUT2D eigenvalue weighted by atomic mass is 16.3. The lowest BCUT2D eigenvalue weighted by Crippen LogP contribution is -2.20. The molecule has 2 aromatic carbocycles. The van der Waals surface area contributed by atoms with Crippen LogP contribution >= 0.6 is 0 Å². The molecule has 6 nitrogen and oxygen atoms in total. The van der Waals surface area contributed by atoms with Crippen LogP contribution in [0.5, 0.6) is 0 Å². The molecule has 0 spiro atoms. The van der Waals surface area contributed by atoms with E-state index in [0.29, 0.717) is 39.5 Å². The molecule has 0 radical (unpaired) electrons. The Morgan fingerprint density at radius 2 is 1.86 bits per heavy atom. The van der Waals surface area contributed by atoms with Gasteiger partial charge in [0.1, 0.15) is 0 Å². The van der Waals surface area contributed by atoms with E-state index in [1.807, 2.05) is 48.5 Å². The molecule has 0 unspecified atom stereocenters. The Balaban J connectivity index is 1.93. The highest BCUT2D eigenvalue weighted by molar-refractivity contribution is 5.84. The quantitative estimate of drug-likeness (QED) is 0.541. The molecule has 2 N–H and O–H groups in total. The fourth-order valence-electron chi connectivity index (χ4n) is 3.01. The zero-order valence-electron chi connectivity index (χ0n) is 14.8. The summed E-state index contributed by atoms with van der Waals surface area (Å²) >= 11 is 0. The third-order valence-electron chi connectivity index (χ3n) is 4.36. The fourth-order valence-corrected chi connectivity index (χ4v) is 3.01. The van der Waals surface area contributed by atoms with E-state index in [2.05, 4.69) is 21.2 Å². The topological polar surface area (TPSA) is 80.0 Å². The molecule has 0 aliphatic carbocycles. The SMILES string of the molecule is C#Cc1cc(=O)n(-c2ccccc2)c2nc(Nc3ccccc3CO)ncc12. The lowest BCUT2D eigenvalue weighted by molar-refractivity contribution is 0.282. The second kappa shape index (κ2) is 7.35. The number of benzene rings is 2. The maximum absolute atomic E-state index is 12.7. The van der Waals surface area contributed by atoms with Gasteiger partial charge in [-0.15, -0.1) is 6.42 Å². The van der Waals surface area contributed by atoms with Crippen molar-refractivity contribution in [2.75, 3.05) is 5.32 Å². The standard InChI is InChI=1S/C22H16N4O2/c1-2-15-12-20(28)26(17-9-4-3-5-10-17)21-18(15)13-23-22(25-21)24-19-11-7-6-8-16(19)14-27/h1,3-13,27H,14H2,(H,23,24,25). The highest BCUT2D eigenvalue weighted by Gasteiger charge is 2.13. The van der Waals surface area contributed by atoms with Crippen LogP contribution in [0.1, 0.15) is 11.1 Å². The number of fused-ring (bicyclic) bond motifs is 1. The van der Waals surface area contributed by atoms with Gasteiger partial charge in [0.2, 0.25) is 5.95 Å². The van der Waals surface area contributed by atoms with Crippen LogP contribution < -0.4 is 10.9 Å². The normalized spacial score (nSPS) is 10.6. The van der Waals surface area contributed by atoms with Gasteiger partial charge in [0.25, 0.3) is 5.56 Å². The molecule has 2 aromatic heterocycles. The van der Waals surface area contributed by atoms with Crippen LogP contribution in [0.25, 0.3) is 16.7 Å². The van der Waals surface area contributed by atoms with Crippen LogP contribution in [-0.4, -0.2) is 19.6 Å². The molecule has 0 fully saturated rings. The minimum Gasteiger partial charge on any atom is -0.392 e. The molecule has 6 heteroatoms. The number of terminal acetylenes is 1. The Bertz CT molecular complexity index is 1260. The van der Waals surface area contributed by atoms with Crippen molar-refractivity contribution in [3.8, 4) is 18.0 Å². The van der Waals surface area contributed by atoms with E-state index in [-0.39, 0.29) is 12.2 Å². The summed E-state index contributed by atoms with van der Waals surface area (Å²) < 4.78 is 1.50. The van der Waals surface area contributed by atoms with E-state index in [1.54, 1.807) is 12.3 Å². The second-order valence-electron chi connectivity index (χ2n) is 6.08. The number of hydrogen-bond acceptors (Lipinski definition) is 5. The van der Waals surface area contributed by atoms with E-state index in [0.717, 1.165) is 0 Å². The molecule has 0 amide bonds. The van der Waals surface area contributed by atoms with Crippen LogP contribution in [0.2, 0.25) is 0 Å². The van der Waals surface area contributed by atoms with Crippen molar-refractivity contribution in [1.82, 2.24) is 14.5 Å². The average Bonchev–Trinajstić information content (AvgIpc) is 2.74. The molecule has 0 aliphatic rings.